The maximum Gasteiger partial charge on any atom is 0.321 e. The van der Waals surface area contributed by atoms with E-state index in [1.807, 2.05) is 31.2 Å². The first-order chi connectivity index (χ1) is 12.9. The van der Waals surface area contributed by atoms with E-state index < -0.39 is 0 Å². The van der Waals surface area contributed by atoms with Crippen LogP contribution in [0.3, 0.4) is 0 Å². The third-order valence-electron chi connectivity index (χ3n) is 5.45. The maximum atomic E-state index is 13.2. The molecule has 0 unspecified atom stereocenters. The molecule has 27 heavy (non-hydrogen) atoms. The second-order valence-electron chi connectivity index (χ2n) is 7.60. The van der Waals surface area contributed by atoms with E-state index in [1.165, 1.54) is 12.1 Å². The van der Waals surface area contributed by atoms with Crippen LogP contribution < -0.4 is 10.2 Å². The summed E-state index contributed by atoms with van der Waals surface area (Å²) in [5.41, 5.74) is 2.34. The van der Waals surface area contributed by atoms with Gasteiger partial charge in [-0.15, -0.1) is 0 Å². The van der Waals surface area contributed by atoms with Gasteiger partial charge in [-0.3, -0.25) is 4.79 Å². The summed E-state index contributed by atoms with van der Waals surface area (Å²) in [5.74, 6) is -0.289. The predicted molar refractivity (Wildman–Crippen MR) is 102 cm³/mol. The number of rotatable bonds is 2. The van der Waals surface area contributed by atoms with Crippen LogP contribution in [-0.4, -0.2) is 36.5 Å². The van der Waals surface area contributed by atoms with E-state index in [4.69, 9.17) is 0 Å². The molecule has 2 heterocycles. The van der Waals surface area contributed by atoms with Gasteiger partial charge < -0.3 is 15.1 Å². The second kappa shape index (κ2) is 6.68. The first kappa shape index (κ1) is 17.5. The van der Waals surface area contributed by atoms with Gasteiger partial charge in [0.15, 0.2) is 0 Å². The van der Waals surface area contributed by atoms with Crippen LogP contribution in [0.25, 0.3) is 0 Å². The van der Waals surface area contributed by atoms with E-state index in [0.29, 0.717) is 31.7 Å². The van der Waals surface area contributed by atoms with Crippen molar-refractivity contribution in [3.05, 3.63) is 59.9 Å². The van der Waals surface area contributed by atoms with Crippen molar-refractivity contribution in [3.8, 4) is 0 Å². The fourth-order valence-electron chi connectivity index (χ4n) is 4.06. The van der Waals surface area contributed by atoms with E-state index in [0.717, 1.165) is 17.7 Å². The quantitative estimate of drug-likeness (QED) is 0.878. The Bertz CT molecular complexity index is 883. The number of benzene rings is 2. The van der Waals surface area contributed by atoms with Crippen molar-refractivity contribution >= 4 is 23.3 Å². The highest BCUT2D eigenvalue weighted by Gasteiger charge is 2.48. The van der Waals surface area contributed by atoms with Gasteiger partial charge in [0.2, 0.25) is 5.91 Å². The number of halogens is 1. The van der Waals surface area contributed by atoms with Crippen LogP contribution in [0.4, 0.5) is 20.6 Å². The molecule has 0 aliphatic carbocycles. The molecule has 0 radical (unpaired) electrons. The first-order valence-corrected chi connectivity index (χ1v) is 9.13. The number of hydrogen-bond acceptors (Lipinski definition) is 2. The lowest BCUT2D eigenvalue weighted by Crippen LogP contribution is -2.36. The summed E-state index contributed by atoms with van der Waals surface area (Å²) in [7, 11) is 0. The Kier molecular flexibility index (Phi) is 4.34. The zero-order valence-corrected chi connectivity index (χ0v) is 15.2. The minimum atomic E-state index is -0.319. The van der Waals surface area contributed by atoms with Crippen molar-refractivity contribution < 1.29 is 14.0 Å². The molecular weight excluding hydrogens is 345 g/mol. The molecule has 2 fully saturated rings. The standard InChI is InChI=1S/C21H22FN3O2/c1-15-3-2-4-17(11-15)23-20(27)24-10-9-21(13-24)12-19(26)25(14-21)18-7-5-16(22)6-8-18/h2-8,11H,9-10,12-14H2,1H3,(H,23,27)/t21-/m0/s1. The van der Waals surface area contributed by atoms with Crippen LogP contribution in [0, 0.1) is 18.2 Å². The molecular formula is C21H22FN3O2. The molecule has 2 aromatic rings. The summed E-state index contributed by atoms with van der Waals surface area (Å²) in [6.07, 6.45) is 1.20. The monoisotopic (exact) mass is 367 g/mol. The molecule has 0 bridgehead atoms. The minimum absolute atomic E-state index is 0.0301. The Hall–Kier alpha value is -2.89. The second-order valence-corrected chi connectivity index (χ2v) is 7.60. The van der Waals surface area contributed by atoms with E-state index in [-0.39, 0.29) is 23.2 Å². The number of amides is 3. The highest BCUT2D eigenvalue weighted by Crippen LogP contribution is 2.42. The fourth-order valence-corrected chi connectivity index (χ4v) is 4.06. The number of aryl methyl sites for hydroxylation is 1. The van der Waals surface area contributed by atoms with Gasteiger partial charge in [0, 0.05) is 42.8 Å². The van der Waals surface area contributed by atoms with Crippen molar-refractivity contribution in [2.45, 2.75) is 19.8 Å². The Labute approximate surface area is 157 Å². The van der Waals surface area contributed by atoms with Gasteiger partial charge in [0.1, 0.15) is 5.82 Å². The summed E-state index contributed by atoms with van der Waals surface area (Å²) in [6.45, 7) is 3.72. The average Bonchev–Trinajstić information content (AvgIpc) is 3.19. The van der Waals surface area contributed by atoms with E-state index in [1.54, 1.807) is 21.9 Å². The Morgan fingerprint density at radius 3 is 2.67 bits per heavy atom. The minimum Gasteiger partial charge on any atom is -0.324 e. The number of likely N-dealkylation sites (tertiary alicyclic amines) is 1. The van der Waals surface area contributed by atoms with E-state index in [9.17, 15) is 14.0 Å². The number of carbonyl (C=O) groups is 2. The zero-order valence-electron chi connectivity index (χ0n) is 15.2. The van der Waals surface area contributed by atoms with Crippen LogP contribution in [0.15, 0.2) is 48.5 Å². The summed E-state index contributed by atoms with van der Waals surface area (Å²) in [6, 6.07) is 13.5. The third-order valence-corrected chi connectivity index (χ3v) is 5.45. The van der Waals surface area contributed by atoms with Crippen molar-refractivity contribution in [1.29, 1.82) is 0 Å². The fraction of sp³-hybridized carbons (Fsp3) is 0.333. The number of urea groups is 1. The average molecular weight is 367 g/mol. The molecule has 3 amide bonds. The van der Waals surface area contributed by atoms with Gasteiger partial charge >= 0.3 is 6.03 Å². The van der Waals surface area contributed by atoms with E-state index >= 15 is 0 Å². The van der Waals surface area contributed by atoms with E-state index in [2.05, 4.69) is 5.32 Å². The molecule has 1 N–H and O–H groups in total. The van der Waals surface area contributed by atoms with Crippen LogP contribution in [0.2, 0.25) is 0 Å². The first-order valence-electron chi connectivity index (χ1n) is 9.13. The summed E-state index contributed by atoms with van der Waals surface area (Å²) < 4.78 is 13.2. The number of carbonyl (C=O) groups excluding carboxylic acids is 2. The molecule has 4 rings (SSSR count). The molecule has 5 nitrogen and oxygen atoms in total. The topological polar surface area (TPSA) is 52.7 Å². The van der Waals surface area contributed by atoms with Crippen molar-refractivity contribution in [3.63, 3.8) is 0 Å². The lowest BCUT2D eigenvalue weighted by atomic mass is 9.86. The van der Waals surface area contributed by atoms with Crippen molar-refractivity contribution in [1.82, 2.24) is 4.90 Å². The number of nitrogens with one attached hydrogen (secondary N) is 1. The third kappa shape index (κ3) is 3.52. The zero-order chi connectivity index (χ0) is 19.0. The Balaban J connectivity index is 1.43. The van der Waals surface area contributed by atoms with Gasteiger partial charge in [-0.25, -0.2) is 9.18 Å². The molecule has 2 saturated heterocycles. The molecule has 0 aromatic heterocycles. The Morgan fingerprint density at radius 1 is 1.15 bits per heavy atom. The molecule has 2 aromatic carbocycles. The summed E-state index contributed by atoms with van der Waals surface area (Å²) in [4.78, 5) is 28.6. The highest BCUT2D eigenvalue weighted by atomic mass is 19.1. The SMILES string of the molecule is Cc1cccc(NC(=O)N2CC[C@]3(CC(=O)N(c4ccc(F)cc4)C3)C2)c1. The normalized spacial score (nSPS) is 21.9. The smallest absolute Gasteiger partial charge is 0.321 e. The molecule has 1 spiro atoms. The number of nitrogens with zero attached hydrogens (tertiary/aromatic N) is 2. The predicted octanol–water partition coefficient (Wildman–Crippen LogP) is 3.80. The summed E-state index contributed by atoms with van der Waals surface area (Å²) in [5, 5.41) is 2.94. The van der Waals surface area contributed by atoms with Gasteiger partial charge in [0.25, 0.3) is 0 Å². The molecule has 140 valence electrons. The largest absolute Gasteiger partial charge is 0.324 e. The van der Waals surface area contributed by atoms with Crippen LogP contribution in [-0.2, 0) is 4.79 Å². The van der Waals surface area contributed by atoms with Crippen LogP contribution in [0.1, 0.15) is 18.4 Å². The Morgan fingerprint density at radius 2 is 1.93 bits per heavy atom. The van der Waals surface area contributed by atoms with Crippen LogP contribution >= 0.6 is 0 Å². The summed E-state index contributed by atoms with van der Waals surface area (Å²) >= 11 is 0. The molecule has 2 aliphatic heterocycles. The van der Waals surface area contributed by atoms with Crippen LogP contribution in [0.5, 0.6) is 0 Å². The van der Waals surface area contributed by atoms with Gasteiger partial charge in [-0.1, -0.05) is 12.1 Å². The van der Waals surface area contributed by atoms with Gasteiger partial charge in [-0.05, 0) is 55.3 Å². The maximum absolute atomic E-state index is 13.2. The van der Waals surface area contributed by atoms with Crippen molar-refractivity contribution in [2.75, 3.05) is 29.9 Å². The molecule has 6 heteroatoms. The molecule has 2 aliphatic rings. The molecule has 0 saturated carbocycles. The lowest BCUT2D eigenvalue weighted by Gasteiger charge is -2.24. The van der Waals surface area contributed by atoms with Crippen molar-refractivity contribution in [2.24, 2.45) is 5.41 Å². The highest BCUT2D eigenvalue weighted by molar-refractivity contribution is 5.97. The van der Waals surface area contributed by atoms with Gasteiger partial charge in [-0.2, -0.15) is 0 Å². The lowest BCUT2D eigenvalue weighted by molar-refractivity contribution is -0.117. The molecule has 1 atom stereocenters. The van der Waals surface area contributed by atoms with Gasteiger partial charge in [0.05, 0.1) is 0 Å². The number of anilines is 2. The number of hydrogen-bond donors (Lipinski definition) is 1.